The van der Waals surface area contributed by atoms with Crippen molar-refractivity contribution in [1.82, 2.24) is 9.78 Å². The van der Waals surface area contributed by atoms with Crippen LogP contribution in [0.5, 0.6) is 0 Å². The van der Waals surface area contributed by atoms with Crippen molar-refractivity contribution in [3.05, 3.63) is 18.0 Å². The summed E-state index contributed by atoms with van der Waals surface area (Å²) in [6.07, 6.45) is 3.84. The summed E-state index contributed by atoms with van der Waals surface area (Å²) >= 11 is 0. The van der Waals surface area contributed by atoms with Crippen LogP contribution in [0.3, 0.4) is 0 Å². The van der Waals surface area contributed by atoms with Crippen molar-refractivity contribution < 1.29 is 4.74 Å². The maximum absolute atomic E-state index is 6.19. The minimum Gasteiger partial charge on any atom is -0.384 e. The molecule has 0 aliphatic heterocycles. The van der Waals surface area contributed by atoms with Gasteiger partial charge in [0.05, 0.1) is 5.69 Å². The highest BCUT2D eigenvalue weighted by atomic mass is 16.5. The Morgan fingerprint density at radius 3 is 2.94 bits per heavy atom. The van der Waals surface area contributed by atoms with Gasteiger partial charge in [-0.1, -0.05) is 13.8 Å². The van der Waals surface area contributed by atoms with Gasteiger partial charge in [0.15, 0.2) is 0 Å². The number of aryl methyl sites for hydroxylation is 1. The fourth-order valence-electron chi connectivity index (χ4n) is 1.96. The summed E-state index contributed by atoms with van der Waals surface area (Å²) in [5, 5.41) is 4.29. The third-order valence-corrected chi connectivity index (χ3v) is 2.67. The molecule has 2 atom stereocenters. The SMILES string of the molecule is CCCn1nccc1C(N)CC(C)COC. The van der Waals surface area contributed by atoms with Gasteiger partial charge in [-0.15, -0.1) is 0 Å². The van der Waals surface area contributed by atoms with Crippen LogP contribution in [0.2, 0.25) is 0 Å². The number of aromatic nitrogens is 2. The van der Waals surface area contributed by atoms with E-state index in [4.69, 9.17) is 10.5 Å². The number of hydrogen-bond donors (Lipinski definition) is 1. The van der Waals surface area contributed by atoms with E-state index >= 15 is 0 Å². The van der Waals surface area contributed by atoms with Gasteiger partial charge in [0, 0.05) is 32.5 Å². The molecule has 2 unspecified atom stereocenters. The molecular formula is C12H23N3O. The number of methoxy groups -OCH3 is 1. The molecule has 16 heavy (non-hydrogen) atoms. The predicted octanol–water partition coefficient (Wildman–Crippen LogP) is 1.97. The minimum atomic E-state index is 0.0548. The molecule has 0 fully saturated rings. The van der Waals surface area contributed by atoms with Crippen molar-refractivity contribution in [3.8, 4) is 0 Å². The highest BCUT2D eigenvalue weighted by Crippen LogP contribution is 2.19. The normalized spacial score (nSPS) is 15.0. The van der Waals surface area contributed by atoms with E-state index in [9.17, 15) is 0 Å². The van der Waals surface area contributed by atoms with Crippen molar-refractivity contribution in [2.24, 2.45) is 11.7 Å². The molecule has 0 radical (unpaired) electrons. The third kappa shape index (κ3) is 3.61. The molecule has 0 aliphatic carbocycles. The number of hydrogen-bond acceptors (Lipinski definition) is 3. The third-order valence-electron chi connectivity index (χ3n) is 2.67. The molecule has 92 valence electrons. The number of ether oxygens (including phenoxy) is 1. The summed E-state index contributed by atoms with van der Waals surface area (Å²) in [6, 6.07) is 2.07. The van der Waals surface area contributed by atoms with E-state index in [1.807, 2.05) is 16.9 Å². The van der Waals surface area contributed by atoms with Crippen LogP contribution in [0.15, 0.2) is 12.3 Å². The molecule has 0 spiro atoms. The van der Waals surface area contributed by atoms with Crippen LogP contribution >= 0.6 is 0 Å². The Bertz CT molecular complexity index is 298. The average Bonchev–Trinajstić information content (AvgIpc) is 2.66. The van der Waals surface area contributed by atoms with Gasteiger partial charge in [-0.05, 0) is 24.8 Å². The Labute approximate surface area is 97.8 Å². The molecule has 1 aromatic rings. The second-order valence-corrected chi connectivity index (χ2v) is 4.38. The van der Waals surface area contributed by atoms with Crippen molar-refractivity contribution in [3.63, 3.8) is 0 Å². The Hall–Kier alpha value is -0.870. The summed E-state index contributed by atoms with van der Waals surface area (Å²) in [5.41, 5.74) is 7.31. The van der Waals surface area contributed by atoms with Gasteiger partial charge in [0.2, 0.25) is 0 Å². The minimum absolute atomic E-state index is 0.0548. The monoisotopic (exact) mass is 225 g/mol. The molecular weight excluding hydrogens is 202 g/mol. The van der Waals surface area contributed by atoms with E-state index in [0.717, 1.165) is 31.7 Å². The highest BCUT2D eigenvalue weighted by Gasteiger charge is 2.14. The van der Waals surface area contributed by atoms with E-state index < -0.39 is 0 Å². The van der Waals surface area contributed by atoms with Crippen LogP contribution in [0.4, 0.5) is 0 Å². The Morgan fingerprint density at radius 1 is 1.56 bits per heavy atom. The van der Waals surface area contributed by atoms with Crippen molar-refractivity contribution >= 4 is 0 Å². The van der Waals surface area contributed by atoms with E-state index in [1.54, 1.807) is 7.11 Å². The van der Waals surface area contributed by atoms with Crippen LogP contribution in [0.25, 0.3) is 0 Å². The van der Waals surface area contributed by atoms with Gasteiger partial charge in [-0.2, -0.15) is 5.10 Å². The van der Waals surface area contributed by atoms with E-state index in [-0.39, 0.29) is 6.04 Å². The predicted molar refractivity (Wildman–Crippen MR) is 65.1 cm³/mol. The standard InChI is InChI=1S/C12H23N3O/c1-4-7-15-12(5-6-14-15)11(13)8-10(2)9-16-3/h5-6,10-11H,4,7-9,13H2,1-3H3. The van der Waals surface area contributed by atoms with Crippen molar-refractivity contribution in [2.45, 2.75) is 39.3 Å². The summed E-state index contributed by atoms with van der Waals surface area (Å²) in [6.45, 7) is 6.00. The van der Waals surface area contributed by atoms with Crippen LogP contribution in [0.1, 0.15) is 38.4 Å². The summed E-state index contributed by atoms with van der Waals surface area (Å²) < 4.78 is 7.13. The van der Waals surface area contributed by atoms with Crippen LogP contribution in [-0.2, 0) is 11.3 Å². The second-order valence-electron chi connectivity index (χ2n) is 4.38. The summed E-state index contributed by atoms with van der Waals surface area (Å²) in [7, 11) is 1.73. The quantitative estimate of drug-likeness (QED) is 0.772. The Morgan fingerprint density at radius 2 is 2.31 bits per heavy atom. The molecule has 2 N–H and O–H groups in total. The van der Waals surface area contributed by atoms with Gasteiger partial charge >= 0.3 is 0 Å². The molecule has 1 rings (SSSR count). The topological polar surface area (TPSA) is 53.1 Å². The fraction of sp³-hybridized carbons (Fsp3) is 0.750. The maximum atomic E-state index is 6.19. The first kappa shape index (κ1) is 13.2. The van der Waals surface area contributed by atoms with Crippen LogP contribution in [0, 0.1) is 5.92 Å². The lowest BCUT2D eigenvalue weighted by atomic mass is 10.0. The molecule has 1 heterocycles. The van der Waals surface area contributed by atoms with Gasteiger partial charge in [-0.3, -0.25) is 4.68 Å². The van der Waals surface area contributed by atoms with Gasteiger partial charge in [-0.25, -0.2) is 0 Å². The number of rotatable bonds is 7. The number of nitrogens with two attached hydrogens (primary N) is 1. The van der Waals surface area contributed by atoms with Gasteiger partial charge in [0.25, 0.3) is 0 Å². The highest BCUT2D eigenvalue weighted by molar-refractivity contribution is 5.06. The Balaban J connectivity index is 2.57. The molecule has 0 amide bonds. The molecule has 0 saturated carbocycles. The molecule has 0 aromatic carbocycles. The van der Waals surface area contributed by atoms with Crippen molar-refractivity contribution in [2.75, 3.05) is 13.7 Å². The molecule has 4 nitrogen and oxygen atoms in total. The zero-order valence-electron chi connectivity index (χ0n) is 10.5. The average molecular weight is 225 g/mol. The molecule has 4 heteroatoms. The maximum Gasteiger partial charge on any atom is 0.0551 e. The Kier molecular flexibility index (Phi) is 5.49. The van der Waals surface area contributed by atoms with Crippen LogP contribution < -0.4 is 5.73 Å². The van der Waals surface area contributed by atoms with E-state index in [0.29, 0.717) is 5.92 Å². The van der Waals surface area contributed by atoms with E-state index in [2.05, 4.69) is 18.9 Å². The molecule has 0 saturated heterocycles. The second kappa shape index (κ2) is 6.66. The molecule has 0 aliphatic rings. The fourth-order valence-corrected chi connectivity index (χ4v) is 1.96. The first-order chi connectivity index (χ1) is 7.69. The largest absolute Gasteiger partial charge is 0.384 e. The lowest BCUT2D eigenvalue weighted by Gasteiger charge is -2.17. The molecule has 1 aromatic heterocycles. The van der Waals surface area contributed by atoms with Gasteiger partial charge in [0.1, 0.15) is 0 Å². The smallest absolute Gasteiger partial charge is 0.0551 e. The van der Waals surface area contributed by atoms with Crippen LogP contribution in [-0.4, -0.2) is 23.5 Å². The lowest BCUT2D eigenvalue weighted by molar-refractivity contribution is 0.151. The number of nitrogens with zero attached hydrogens (tertiary/aromatic N) is 2. The summed E-state index contributed by atoms with van der Waals surface area (Å²) in [4.78, 5) is 0. The first-order valence-electron chi connectivity index (χ1n) is 5.95. The lowest BCUT2D eigenvalue weighted by Crippen LogP contribution is -2.20. The van der Waals surface area contributed by atoms with E-state index in [1.165, 1.54) is 0 Å². The van der Waals surface area contributed by atoms with Crippen molar-refractivity contribution in [1.29, 1.82) is 0 Å². The first-order valence-corrected chi connectivity index (χ1v) is 5.95. The van der Waals surface area contributed by atoms with Gasteiger partial charge < -0.3 is 10.5 Å². The summed E-state index contributed by atoms with van der Waals surface area (Å²) in [5.74, 6) is 0.477. The zero-order valence-corrected chi connectivity index (χ0v) is 10.5. The molecule has 0 bridgehead atoms. The zero-order chi connectivity index (χ0) is 12.0.